The highest BCUT2D eigenvalue weighted by atomic mass is 16.5. The first-order valence-electron chi connectivity index (χ1n) is 6.90. The predicted molar refractivity (Wildman–Crippen MR) is 82.5 cm³/mol. The molecule has 112 valence electrons. The van der Waals surface area contributed by atoms with Gasteiger partial charge in [-0.2, -0.15) is 5.10 Å². The van der Waals surface area contributed by atoms with Crippen molar-refractivity contribution in [2.24, 2.45) is 0 Å². The fraction of sp³-hybridized carbons (Fsp3) is 0.333. The van der Waals surface area contributed by atoms with Gasteiger partial charge >= 0.3 is 0 Å². The number of hydrogen-bond acceptors (Lipinski definition) is 4. The topological polar surface area (TPSA) is 82.2 Å². The predicted octanol–water partition coefficient (Wildman–Crippen LogP) is 2.52. The minimum atomic E-state index is -0.322. The number of aromatic nitrogens is 2. The highest BCUT2D eigenvalue weighted by molar-refractivity contribution is 6.06. The van der Waals surface area contributed by atoms with Crippen LogP contribution in [0.3, 0.4) is 0 Å². The fourth-order valence-electron chi connectivity index (χ4n) is 1.85. The number of nitrogen functional groups attached to an aromatic ring is 1. The molecule has 6 nitrogen and oxygen atoms in total. The molecular formula is C15H20N4O2. The van der Waals surface area contributed by atoms with E-state index in [4.69, 9.17) is 10.5 Å². The van der Waals surface area contributed by atoms with Crippen LogP contribution < -0.4 is 15.8 Å². The molecule has 0 spiro atoms. The molecule has 6 heteroatoms. The van der Waals surface area contributed by atoms with E-state index in [9.17, 15) is 4.79 Å². The average molecular weight is 288 g/mol. The average Bonchev–Trinajstić information content (AvgIpc) is 2.82. The first kappa shape index (κ1) is 14.9. The second-order valence-corrected chi connectivity index (χ2v) is 4.93. The van der Waals surface area contributed by atoms with Gasteiger partial charge in [0.15, 0.2) is 5.69 Å². The molecule has 21 heavy (non-hydrogen) atoms. The van der Waals surface area contributed by atoms with Gasteiger partial charge in [-0.05, 0) is 45.0 Å². The number of hydrogen-bond donors (Lipinski definition) is 2. The van der Waals surface area contributed by atoms with E-state index in [2.05, 4.69) is 10.4 Å². The lowest BCUT2D eigenvalue weighted by Gasteiger charge is -2.10. The number of benzene rings is 1. The largest absolute Gasteiger partial charge is 0.491 e. The SMILES string of the molecule is CCn1cc(N)c(C(=O)Nc2ccc(OC(C)C)cc2)n1. The number of nitrogens with two attached hydrogens (primary N) is 1. The van der Waals surface area contributed by atoms with Gasteiger partial charge in [0, 0.05) is 18.4 Å². The number of nitrogens with one attached hydrogen (secondary N) is 1. The normalized spacial score (nSPS) is 10.7. The van der Waals surface area contributed by atoms with E-state index >= 15 is 0 Å². The van der Waals surface area contributed by atoms with Crippen molar-refractivity contribution in [2.75, 3.05) is 11.1 Å². The molecule has 2 aromatic rings. The molecule has 0 aliphatic rings. The Kier molecular flexibility index (Phi) is 4.47. The summed E-state index contributed by atoms with van der Waals surface area (Å²) in [6.45, 7) is 6.52. The molecule has 1 aromatic heterocycles. The molecule has 0 saturated carbocycles. The summed E-state index contributed by atoms with van der Waals surface area (Å²) in [5.74, 6) is 0.440. The number of ether oxygens (including phenoxy) is 1. The highest BCUT2D eigenvalue weighted by Crippen LogP contribution is 2.18. The van der Waals surface area contributed by atoms with Gasteiger partial charge in [-0.3, -0.25) is 9.48 Å². The van der Waals surface area contributed by atoms with Crippen LogP contribution in [0, 0.1) is 0 Å². The van der Waals surface area contributed by atoms with E-state index < -0.39 is 0 Å². The van der Waals surface area contributed by atoms with Crippen LogP contribution in [-0.2, 0) is 6.54 Å². The van der Waals surface area contributed by atoms with Crippen molar-refractivity contribution in [1.82, 2.24) is 9.78 Å². The summed E-state index contributed by atoms with van der Waals surface area (Å²) in [7, 11) is 0. The Balaban J connectivity index is 2.06. The molecule has 2 rings (SSSR count). The lowest BCUT2D eigenvalue weighted by molar-refractivity contribution is 0.102. The van der Waals surface area contributed by atoms with Gasteiger partial charge < -0.3 is 15.8 Å². The number of rotatable bonds is 5. The number of amides is 1. The fourth-order valence-corrected chi connectivity index (χ4v) is 1.85. The van der Waals surface area contributed by atoms with Crippen LogP contribution in [0.2, 0.25) is 0 Å². The molecule has 0 bridgehead atoms. The van der Waals surface area contributed by atoms with Gasteiger partial charge in [0.2, 0.25) is 0 Å². The maximum Gasteiger partial charge on any atom is 0.278 e. The second kappa shape index (κ2) is 6.30. The van der Waals surface area contributed by atoms with Crippen molar-refractivity contribution in [2.45, 2.75) is 33.4 Å². The number of anilines is 2. The highest BCUT2D eigenvalue weighted by Gasteiger charge is 2.14. The van der Waals surface area contributed by atoms with Gasteiger partial charge in [-0.15, -0.1) is 0 Å². The van der Waals surface area contributed by atoms with Crippen molar-refractivity contribution in [3.05, 3.63) is 36.2 Å². The third-order valence-corrected chi connectivity index (χ3v) is 2.81. The van der Waals surface area contributed by atoms with E-state index in [1.165, 1.54) is 0 Å². The van der Waals surface area contributed by atoms with Crippen molar-refractivity contribution in [3.8, 4) is 5.75 Å². The monoisotopic (exact) mass is 288 g/mol. The smallest absolute Gasteiger partial charge is 0.278 e. The Hall–Kier alpha value is -2.50. The van der Waals surface area contributed by atoms with E-state index in [-0.39, 0.29) is 17.7 Å². The molecule has 0 aliphatic heterocycles. The van der Waals surface area contributed by atoms with Crippen LogP contribution in [0.5, 0.6) is 5.75 Å². The standard InChI is InChI=1S/C15H20N4O2/c1-4-19-9-13(16)14(18-19)15(20)17-11-5-7-12(8-6-11)21-10(2)3/h5-10H,4,16H2,1-3H3,(H,17,20). The number of nitrogens with zero attached hydrogens (tertiary/aromatic N) is 2. The number of aryl methyl sites for hydroxylation is 1. The van der Waals surface area contributed by atoms with Crippen LogP contribution in [0.15, 0.2) is 30.5 Å². The van der Waals surface area contributed by atoms with Gasteiger partial charge in [-0.1, -0.05) is 0 Å². The van der Waals surface area contributed by atoms with E-state index in [1.54, 1.807) is 23.0 Å². The minimum absolute atomic E-state index is 0.114. The maximum atomic E-state index is 12.1. The Morgan fingerprint density at radius 3 is 2.57 bits per heavy atom. The van der Waals surface area contributed by atoms with Crippen LogP contribution in [-0.4, -0.2) is 21.8 Å². The Bertz CT molecular complexity index is 617. The summed E-state index contributed by atoms with van der Waals surface area (Å²) in [5, 5.41) is 6.90. The maximum absolute atomic E-state index is 12.1. The summed E-state index contributed by atoms with van der Waals surface area (Å²) in [6.07, 6.45) is 1.76. The van der Waals surface area contributed by atoms with Crippen molar-refractivity contribution >= 4 is 17.3 Å². The quantitative estimate of drug-likeness (QED) is 0.885. The molecule has 1 aromatic carbocycles. The Morgan fingerprint density at radius 2 is 2.05 bits per heavy atom. The first-order valence-corrected chi connectivity index (χ1v) is 6.90. The zero-order valence-electron chi connectivity index (χ0n) is 12.5. The van der Waals surface area contributed by atoms with Crippen molar-refractivity contribution in [3.63, 3.8) is 0 Å². The molecule has 0 fully saturated rings. The molecular weight excluding hydrogens is 268 g/mol. The van der Waals surface area contributed by atoms with E-state index in [1.807, 2.05) is 32.9 Å². The van der Waals surface area contributed by atoms with E-state index in [0.29, 0.717) is 17.9 Å². The van der Waals surface area contributed by atoms with Crippen LogP contribution in [0.1, 0.15) is 31.3 Å². The van der Waals surface area contributed by atoms with E-state index in [0.717, 1.165) is 5.75 Å². The Labute approximate surface area is 123 Å². The summed E-state index contributed by atoms with van der Waals surface area (Å²) >= 11 is 0. The zero-order valence-corrected chi connectivity index (χ0v) is 12.5. The summed E-state index contributed by atoms with van der Waals surface area (Å²) < 4.78 is 7.18. The van der Waals surface area contributed by atoms with Crippen LogP contribution in [0.4, 0.5) is 11.4 Å². The summed E-state index contributed by atoms with van der Waals surface area (Å²) in [5.41, 5.74) is 7.06. The molecule has 1 amide bonds. The number of carbonyl (C=O) groups is 1. The van der Waals surface area contributed by atoms with Gasteiger partial charge in [0.05, 0.1) is 11.8 Å². The van der Waals surface area contributed by atoms with Gasteiger partial charge in [0.1, 0.15) is 5.75 Å². The third-order valence-electron chi connectivity index (χ3n) is 2.81. The lowest BCUT2D eigenvalue weighted by atomic mass is 10.2. The summed E-state index contributed by atoms with van der Waals surface area (Å²) in [4.78, 5) is 12.1. The van der Waals surface area contributed by atoms with Crippen molar-refractivity contribution < 1.29 is 9.53 Å². The summed E-state index contributed by atoms with van der Waals surface area (Å²) in [6, 6.07) is 7.18. The molecule has 0 saturated heterocycles. The molecule has 1 heterocycles. The van der Waals surface area contributed by atoms with Crippen molar-refractivity contribution in [1.29, 1.82) is 0 Å². The first-order chi connectivity index (χ1) is 9.99. The van der Waals surface area contributed by atoms with Crippen LogP contribution in [0.25, 0.3) is 0 Å². The molecule has 0 radical (unpaired) electrons. The molecule has 0 aliphatic carbocycles. The zero-order chi connectivity index (χ0) is 15.4. The third kappa shape index (κ3) is 3.75. The molecule has 3 N–H and O–H groups in total. The molecule has 0 atom stereocenters. The Morgan fingerprint density at radius 1 is 1.38 bits per heavy atom. The lowest BCUT2D eigenvalue weighted by Crippen LogP contribution is -2.14. The molecule has 0 unspecified atom stereocenters. The van der Waals surface area contributed by atoms with Crippen LogP contribution >= 0.6 is 0 Å². The van der Waals surface area contributed by atoms with Gasteiger partial charge in [0.25, 0.3) is 5.91 Å². The van der Waals surface area contributed by atoms with Gasteiger partial charge in [-0.25, -0.2) is 0 Å². The second-order valence-electron chi connectivity index (χ2n) is 4.93. The number of carbonyl (C=O) groups excluding carboxylic acids is 1. The minimum Gasteiger partial charge on any atom is -0.491 e.